The average Bonchev–Trinajstić information content (AvgIpc) is 3.44. The number of nitrogens with one attached hydrogen (secondary N) is 1. The van der Waals surface area contributed by atoms with Gasteiger partial charge in [0, 0.05) is 27.8 Å². The Morgan fingerprint density at radius 2 is 1.66 bits per heavy atom. The van der Waals surface area contributed by atoms with Gasteiger partial charge in [-0.15, -0.1) is 10.2 Å². The van der Waals surface area contributed by atoms with Gasteiger partial charge in [0.1, 0.15) is 0 Å². The van der Waals surface area contributed by atoms with Crippen LogP contribution in [0, 0.1) is 0 Å². The minimum atomic E-state index is -3.71. The molecule has 0 radical (unpaired) electrons. The van der Waals surface area contributed by atoms with E-state index in [1.54, 1.807) is 30.8 Å². The molecular weight excluding hydrogens is 487 g/mol. The molecule has 170 valence electrons. The molecule has 0 amide bonds. The highest BCUT2D eigenvalue weighted by atomic mass is 35.5. The van der Waals surface area contributed by atoms with Gasteiger partial charge in [-0.3, -0.25) is 0 Å². The first-order valence-corrected chi connectivity index (χ1v) is 13.6. The van der Waals surface area contributed by atoms with Gasteiger partial charge in [0.15, 0.2) is 11.0 Å². The molecule has 0 spiro atoms. The van der Waals surface area contributed by atoms with E-state index in [0.29, 0.717) is 17.4 Å². The lowest BCUT2D eigenvalue weighted by Crippen LogP contribution is -2.29. The average molecular weight is 512 g/mol. The second-order valence-electron chi connectivity index (χ2n) is 7.96. The third-order valence-electron chi connectivity index (χ3n) is 5.69. The fourth-order valence-corrected chi connectivity index (χ4v) is 6.46. The Morgan fingerprint density at radius 3 is 2.22 bits per heavy atom. The van der Waals surface area contributed by atoms with Crippen molar-refractivity contribution >= 4 is 45.0 Å². The molecule has 1 atom stereocenters. The molecule has 1 fully saturated rings. The molecule has 0 unspecified atom stereocenters. The van der Waals surface area contributed by atoms with E-state index in [0.717, 1.165) is 28.8 Å². The molecule has 0 aliphatic heterocycles. The van der Waals surface area contributed by atoms with Crippen molar-refractivity contribution in [3.63, 3.8) is 0 Å². The van der Waals surface area contributed by atoms with Crippen LogP contribution in [0.1, 0.15) is 44.1 Å². The maximum atomic E-state index is 12.8. The molecule has 4 rings (SSSR count). The van der Waals surface area contributed by atoms with Crippen LogP contribution in [-0.4, -0.2) is 28.9 Å². The Balaban J connectivity index is 1.48. The van der Waals surface area contributed by atoms with Crippen LogP contribution in [0.4, 0.5) is 0 Å². The first kappa shape index (κ1) is 23.6. The second-order valence-corrected chi connectivity index (χ2v) is 11.5. The summed E-state index contributed by atoms with van der Waals surface area (Å²) < 4.78 is 30.2. The zero-order valence-electron chi connectivity index (χ0n) is 17.8. The van der Waals surface area contributed by atoms with E-state index in [2.05, 4.69) is 27.1 Å². The molecule has 1 aliphatic carbocycles. The standard InChI is InChI=1S/C22H24Cl2N4O2S2/c1-3-28-20(15(2)27-32(29,30)19-10-8-18(24)9-11-19)25-26-21(28)31-14-22(12-13-22)16-4-6-17(23)7-5-16/h4-11,15,27H,3,12-14H2,1-2H3/t15-/m1/s1. The number of sulfonamides is 1. The second kappa shape index (κ2) is 9.35. The molecular formula is C22H24Cl2N4O2S2. The van der Waals surface area contributed by atoms with Gasteiger partial charge in [-0.25, -0.2) is 13.1 Å². The van der Waals surface area contributed by atoms with E-state index < -0.39 is 16.1 Å². The van der Waals surface area contributed by atoms with Crippen molar-refractivity contribution in [2.45, 2.75) is 54.7 Å². The lowest BCUT2D eigenvalue weighted by atomic mass is 9.98. The van der Waals surface area contributed by atoms with Gasteiger partial charge in [-0.2, -0.15) is 0 Å². The van der Waals surface area contributed by atoms with Crippen LogP contribution in [0.2, 0.25) is 10.0 Å². The zero-order chi connectivity index (χ0) is 22.9. The third-order valence-corrected chi connectivity index (χ3v) is 9.01. The van der Waals surface area contributed by atoms with Crippen LogP contribution in [0.25, 0.3) is 0 Å². The molecule has 32 heavy (non-hydrogen) atoms. The zero-order valence-corrected chi connectivity index (χ0v) is 20.9. The number of benzene rings is 2. The van der Waals surface area contributed by atoms with Crippen molar-refractivity contribution in [1.82, 2.24) is 19.5 Å². The van der Waals surface area contributed by atoms with Crippen molar-refractivity contribution < 1.29 is 8.42 Å². The smallest absolute Gasteiger partial charge is 0.241 e. The summed E-state index contributed by atoms with van der Waals surface area (Å²) in [5.41, 5.74) is 1.43. The summed E-state index contributed by atoms with van der Waals surface area (Å²) in [6.45, 7) is 4.42. The summed E-state index contributed by atoms with van der Waals surface area (Å²) in [7, 11) is -3.71. The van der Waals surface area contributed by atoms with Crippen LogP contribution in [0.3, 0.4) is 0 Å². The predicted molar refractivity (Wildman–Crippen MR) is 129 cm³/mol. The molecule has 1 saturated carbocycles. The molecule has 0 bridgehead atoms. The van der Waals surface area contributed by atoms with E-state index in [9.17, 15) is 8.42 Å². The maximum absolute atomic E-state index is 12.8. The first-order chi connectivity index (χ1) is 15.2. The SMILES string of the molecule is CCn1c(SCC2(c3ccc(Cl)cc3)CC2)nnc1[C@@H](C)NS(=O)(=O)c1ccc(Cl)cc1. The number of rotatable bonds is 9. The van der Waals surface area contributed by atoms with E-state index in [-0.39, 0.29) is 10.3 Å². The van der Waals surface area contributed by atoms with Crippen LogP contribution in [0.15, 0.2) is 58.6 Å². The van der Waals surface area contributed by atoms with Crippen LogP contribution < -0.4 is 4.72 Å². The van der Waals surface area contributed by atoms with Crippen molar-refractivity contribution in [3.8, 4) is 0 Å². The molecule has 1 N–H and O–H groups in total. The number of hydrogen-bond acceptors (Lipinski definition) is 5. The van der Waals surface area contributed by atoms with Crippen molar-refractivity contribution in [1.29, 1.82) is 0 Å². The van der Waals surface area contributed by atoms with Gasteiger partial charge in [0.2, 0.25) is 10.0 Å². The third kappa shape index (κ3) is 4.99. The summed E-state index contributed by atoms with van der Waals surface area (Å²) in [5, 5.41) is 10.7. The molecule has 1 aliphatic rings. The highest BCUT2D eigenvalue weighted by Gasteiger charge is 2.44. The lowest BCUT2D eigenvalue weighted by molar-refractivity contribution is 0.539. The highest BCUT2D eigenvalue weighted by Crippen LogP contribution is 2.51. The predicted octanol–water partition coefficient (Wildman–Crippen LogP) is 5.47. The quantitative estimate of drug-likeness (QED) is 0.386. The molecule has 1 heterocycles. The first-order valence-electron chi connectivity index (χ1n) is 10.3. The highest BCUT2D eigenvalue weighted by molar-refractivity contribution is 7.99. The monoisotopic (exact) mass is 510 g/mol. The number of halogens is 2. The van der Waals surface area contributed by atoms with Crippen molar-refractivity contribution in [3.05, 3.63) is 70.0 Å². The van der Waals surface area contributed by atoms with Gasteiger partial charge >= 0.3 is 0 Å². The lowest BCUT2D eigenvalue weighted by Gasteiger charge is -2.17. The summed E-state index contributed by atoms with van der Waals surface area (Å²) >= 11 is 13.6. The van der Waals surface area contributed by atoms with Gasteiger partial charge in [-0.1, -0.05) is 47.1 Å². The Hall–Kier alpha value is -1.58. The minimum absolute atomic E-state index is 0.141. The molecule has 10 heteroatoms. The van der Waals surface area contributed by atoms with Crippen LogP contribution in [0.5, 0.6) is 0 Å². The van der Waals surface area contributed by atoms with E-state index in [4.69, 9.17) is 23.2 Å². The summed E-state index contributed by atoms with van der Waals surface area (Å²) in [6, 6.07) is 13.6. The largest absolute Gasteiger partial charge is 0.305 e. The van der Waals surface area contributed by atoms with Crippen LogP contribution >= 0.6 is 35.0 Å². The molecule has 1 aromatic heterocycles. The minimum Gasteiger partial charge on any atom is -0.305 e. The molecule has 2 aromatic carbocycles. The molecule has 6 nitrogen and oxygen atoms in total. The van der Waals surface area contributed by atoms with Gasteiger partial charge in [0.05, 0.1) is 10.9 Å². The summed E-state index contributed by atoms with van der Waals surface area (Å²) in [5.74, 6) is 1.47. The number of hydrogen-bond donors (Lipinski definition) is 1. The van der Waals surface area contributed by atoms with Crippen molar-refractivity contribution in [2.75, 3.05) is 5.75 Å². The van der Waals surface area contributed by atoms with Crippen LogP contribution in [-0.2, 0) is 22.0 Å². The van der Waals surface area contributed by atoms with Gasteiger partial charge in [-0.05, 0) is 68.7 Å². The van der Waals surface area contributed by atoms with E-state index in [1.807, 2.05) is 23.6 Å². The van der Waals surface area contributed by atoms with Gasteiger partial charge < -0.3 is 4.57 Å². The summed E-state index contributed by atoms with van der Waals surface area (Å²) in [4.78, 5) is 0.157. The fourth-order valence-electron chi connectivity index (χ4n) is 3.66. The Bertz CT molecular complexity index is 1190. The topological polar surface area (TPSA) is 76.9 Å². The number of thioether (sulfide) groups is 1. The fraction of sp³-hybridized carbons (Fsp3) is 0.364. The Kier molecular flexibility index (Phi) is 6.89. The summed E-state index contributed by atoms with van der Waals surface area (Å²) in [6.07, 6.45) is 2.26. The molecule has 0 saturated heterocycles. The van der Waals surface area contributed by atoms with Crippen molar-refractivity contribution in [2.24, 2.45) is 0 Å². The Morgan fingerprint density at radius 1 is 1.06 bits per heavy atom. The normalized spacial score (nSPS) is 16.1. The maximum Gasteiger partial charge on any atom is 0.241 e. The van der Waals surface area contributed by atoms with Gasteiger partial charge in [0.25, 0.3) is 0 Å². The number of aromatic nitrogens is 3. The Labute approximate surface area is 202 Å². The van der Waals surface area contributed by atoms with E-state index in [1.165, 1.54) is 17.7 Å². The molecule has 3 aromatic rings. The van der Waals surface area contributed by atoms with E-state index >= 15 is 0 Å². The number of nitrogens with zero attached hydrogens (tertiary/aromatic N) is 3.